The zero-order chi connectivity index (χ0) is 11.1. The Hall–Kier alpha value is -1.78. The van der Waals surface area contributed by atoms with Crippen LogP contribution in [0.3, 0.4) is 0 Å². The third kappa shape index (κ3) is 1.60. The molecule has 1 aliphatic heterocycles. The van der Waals surface area contributed by atoms with E-state index < -0.39 is 11.6 Å². The topological polar surface area (TPSA) is 72.0 Å². The minimum Gasteiger partial charge on any atom is -0.478 e. The Labute approximate surface area is 86.3 Å². The van der Waals surface area contributed by atoms with Crippen LogP contribution in [0.4, 0.5) is 0 Å². The van der Waals surface area contributed by atoms with Crippen LogP contribution in [0, 0.1) is 6.92 Å². The first kappa shape index (κ1) is 9.76. The third-order valence-corrected chi connectivity index (χ3v) is 2.34. The molecule has 5 heteroatoms. The SMILES string of the molecule is Cc1ccc(C2=NOC(C)(C(=O)O)C2)o1. The molecule has 1 aromatic heterocycles. The lowest BCUT2D eigenvalue weighted by atomic mass is 9.99. The van der Waals surface area contributed by atoms with Crippen molar-refractivity contribution in [2.24, 2.45) is 5.16 Å². The van der Waals surface area contributed by atoms with Crippen LogP contribution in [0.15, 0.2) is 21.7 Å². The lowest BCUT2D eigenvalue weighted by Gasteiger charge is -2.14. The molecule has 0 saturated heterocycles. The predicted octanol–water partition coefficient (Wildman–Crippen LogP) is 1.56. The van der Waals surface area contributed by atoms with Gasteiger partial charge in [0.1, 0.15) is 11.5 Å². The van der Waals surface area contributed by atoms with Crippen molar-refractivity contribution in [3.05, 3.63) is 23.7 Å². The van der Waals surface area contributed by atoms with Gasteiger partial charge in [-0.2, -0.15) is 0 Å². The number of nitrogens with zero attached hydrogens (tertiary/aromatic N) is 1. The van der Waals surface area contributed by atoms with Crippen molar-refractivity contribution < 1.29 is 19.2 Å². The van der Waals surface area contributed by atoms with Crippen molar-refractivity contribution >= 4 is 11.7 Å². The van der Waals surface area contributed by atoms with Crippen molar-refractivity contribution in [1.82, 2.24) is 0 Å². The largest absolute Gasteiger partial charge is 0.478 e. The monoisotopic (exact) mass is 209 g/mol. The molecular formula is C10H11NO4. The number of carboxylic acid groups (broad SMARTS) is 1. The number of rotatable bonds is 2. The number of aliphatic carboxylic acids is 1. The Morgan fingerprint density at radius 2 is 2.33 bits per heavy atom. The van der Waals surface area contributed by atoms with E-state index in [9.17, 15) is 4.79 Å². The second-order valence-electron chi connectivity index (χ2n) is 3.75. The zero-order valence-corrected chi connectivity index (χ0v) is 8.48. The van der Waals surface area contributed by atoms with Crippen LogP contribution < -0.4 is 0 Å². The molecule has 1 aliphatic rings. The maximum atomic E-state index is 10.9. The van der Waals surface area contributed by atoms with Crippen molar-refractivity contribution in [2.45, 2.75) is 25.9 Å². The molecule has 0 radical (unpaired) electrons. The molecular weight excluding hydrogens is 198 g/mol. The number of hydrogen-bond donors (Lipinski definition) is 1. The van der Waals surface area contributed by atoms with Gasteiger partial charge in [0.15, 0.2) is 5.76 Å². The second-order valence-corrected chi connectivity index (χ2v) is 3.75. The summed E-state index contributed by atoms with van der Waals surface area (Å²) in [4.78, 5) is 15.8. The van der Waals surface area contributed by atoms with Gasteiger partial charge in [-0.05, 0) is 26.0 Å². The van der Waals surface area contributed by atoms with Gasteiger partial charge < -0.3 is 14.4 Å². The van der Waals surface area contributed by atoms with E-state index in [0.29, 0.717) is 11.5 Å². The van der Waals surface area contributed by atoms with E-state index in [-0.39, 0.29) is 6.42 Å². The Morgan fingerprint density at radius 1 is 1.60 bits per heavy atom. The van der Waals surface area contributed by atoms with Crippen molar-refractivity contribution in [1.29, 1.82) is 0 Å². The molecule has 0 amide bonds. The first-order valence-corrected chi connectivity index (χ1v) is 4.56. The predicted molar refractivity (Wildman–Crippen MR) is 51.7 cm³/mol. The number of carbonyl (C=O) groups is 1. The summed E-state index contributed by atoms with van der Waals surface area (Å²) in [6, 6.07) is 3.55. The summed E-state index contributed by atoms with van der Waals surface area (Å²) < 4.78 is 5.34. The number of oxime groups is 1. The molecule has 80 valence electrons. The van der Waals surface area contributed by atoms with E-state index in [2.05, 4.69) is 5.16 Å². The standard InChI is InChI=1S/C10H11NO4/c1-6-3-4-8(14-6)7-5-10(2,9(12)13)15-11-7/h3-4H,5H2,1-2H3,(H,12,13). The van der Waals surface area contributed by atoms with Crippen molar-refractivity contribution in [3.8, 4) is 0 Å². The van der Waals surface area contributed by atoms with Crippen LogP contribution in [0.5, 0.6) is 0 Å². The van der Waals surface area contributed by atoms with Crippen LogP contribution in [-0.4, -0.2) is 22.4 Å². The molecule has 0 bridgehead atoms. The quantitative estimate of drug-likeness (QED) is 0.802. The van der Waals surface area contributed by atoms with Crippen molar-refractivity contribution in [3.63, 3.8) is 0 Å². The van der Waals surface area contributed by atoms with Gasteiger partial charge in [0.2, 0.25) is 5.60 Å². The molecule has 0 aromatic carbocycles. The third-order valence-electron chi connectivity index (χ3n) is 2.34. The second kappa shape index (κ2) is 3.12. The highest BCUT2D eigenvalue weighted by molar-refractivity contribution is 6.02. The molecule has 2 rings (SSSR count). The molecule has 1 aromatic rings. The fraction of sp³-hybridized carbons (Fsp3) is 0.400. The van der Waals surface area contributed by atoms with E-state index in [0.717, 1.165) is 5.76 Å². The lowest BCUT2D eigenvalue weighted by molar-refractivity contribution is -0.160. The highest BCUT2D eigenvalue weighted by Gasteiger charge is 2.43. The summed E-state index contributed by atoms with van der Waals surface area (Å²) >= 11 is 0. The minimum absolute atomic E-state index is 0.218. The number of carboxylic acids is 1. The van der Waals surface area contributed by atoms with Gasteiger partial charge >= 0.3 is 5.97 Å². The molecule has 2 heterocycles. The van der Waals surface area contributed by atoms with Gasteiger partial charge in [0.05, 0.1) is 6.42 Å². The summed E-state index contributed by atoms with van der Waals surface area (Å²) in [5.41, 5.74) is -0.733. The minimum atomic E-state index is -1.27. The number of aryl methyl sites for hydroxylation is 1. The first-order valence-electron chi connectivity index (χ1n) is 4.56. The van der Waals surface area contributed by atoms with Crippen LogP contribution in [0.2, 0.25) is 0 Å². The molecule has 0 saturated carbocycles. The molecule has 1 unspecified atom stereocenters. The molecule has 15 heavy (non-hydrogen) atoms. The van der Waals surface area contributed by atoms with E-state index in [1.54, 1.807) is 12.1 Å². The van der Waals surface area contributed by atoms with Crippen LogP contribution in [0.25, 0.3) is 0 Å². The van der Waals surface area contributed by atoms with Gasteiger partial charge in [0, 0.05) is 0 Å². The highest BCUT2D eigenvalue weighted by Crippen LogP contribution is 2.27. The smallest absolute Gasteiger partial charge is 0.351 e. The van der Waals surface area contributed by atoms with Gasteiger partial charge in [-0.3, -0.25) is 0 Å². The summed E-state index contributed by atoms with van der Waals surface area (Å²) in [6.45, 7) is 3.30. The lowest BCUT2D eigenvalue weighted by Crippen LogP contribution is -2.35. The summed E-state index contributed by atoms with van der Waals surface area (Å²) in [5.74, 6) is 0.304. The van der Waals surface area contributed by atoms with E-state index >= 15 is 0 Å². The average Bonchev–Trinajstić information content (AvgIpc) is 2.73. The molecule has 1 N–H and O–H groups in total. The maximum Gasteiger partial charge on any atom is 0.351 e. The van der Waals surface area contributed by atoms with Crippen LogP contribution in [0.1, 0.15) is 24.9 Å². The molecule has 1 atom stereocenters. The van der Waals surface area contributed by atoms with Crippen molar-refractivity contribution in [2.75, 3.05) is 0 Å². The number of hydrogen-bond acceptors (Lipinski definition) is 4. The molecule has 0 fully saturated rings. The fourth-order valence-electron chi connectivity index (χ4n) is 1.38. The Balaban J connectivity index is 2.20. The Kier molecular flexibility index (Phi) is 2.03. The normalized spacial score (nSPS) is 24.8. The summed E-state index contributed by atoms with van der Waals surface area (Å²) in [7, 11) is 0. The van der Waals surface area contributed by atoms with E-state index in [1.807, 2.05) is 6.92 Å². The van der Waals surface area contributed by atoms with Gasteiger partial charge in [0.25, 0.3) is 0 Å². The molecule has 5 nitrogen and oxygen atoms in total. The maximum absolute atomic E-state index is 10.9. The Morgan fingerprint density at radius 3 is 2.80 bits per heavy atom. The molecule has 0 aliphatic carbocycles. The fourth-order valence-corrected chi connectivity index (χ4v) is 1.38. The van der Waals surface area contributed by atoms with Crippen LogP contribution >= 0.6 is 0 Å². The van der Waals surface area contributed by atoms with E-state index in [1.165, 1.54) is 6.92 Å². The Bertz CT molecular complexity index is 434. The number of furan rings is 1. The zero-order valence-electron chi connectivity index (χ0n) is 8.48. The summed E-state index contributed by atoms with van der Waals surface area (Å²) in [6.07, 6.45) is 0.218. The van der Waals surface area contributed by atoms with Gasteiger partial charge in [-0.1, -0.05) is 5.16 Å². The van der Waals surface area contributed by atoms with Gasteiger partial charge in [-0.15, -0.1) is 0 Å². The van der Waals surface area contributed by atoms with Crippen LogP contribution in [-0.2, 0) is 9.63 Å². The average molecular weight is 209 g/mol. The van der Waals surface area contributed by atoms with E-state index in [4.69, 9.17) is 14.4 Å². The van der Waals surface area contributed by atoms with Gasteiger partial charge in [-0.25, -0.2) is 4.79 Å². The summed E-state index contributed by atoms with van der Waals surface area (Å²) in [5, 5.41) is 12.6. The molecule has 0 spiro atoms. The first-order chi connectivity index (χ1) is 7.01. The highest BCUT2D eigenvalue weighted by atomic mass is 16.7.